The fourth-order valence-electron chi connectivity index (χ4n) is 2.57. The lowest BCUT2D eigenvalue weighted by Gasteiger charge is -2.17. The summed E-state index contributed by atoms with van der Waals surface area (Å²) in [6, 6.07) is 1.99. The van der Waals surface area contributed by atoms with Crippen LogP contribution in [0.2, 0.25) is 0 Å². The topological polar surface area (TPSA) is 50.3 Å². The lowest BCUT2D eigenvalue weighted by atomic mass is 10.2. The third-order valence-electron chi connectivity index (χ3n) is 3.58. The summed E-state index contributed by atoms with van der Waals surface area (Å²) in [7, 11) is 0. The fourth-order valence-corrected chi connectivity index (χ4v) is 2.57. The van der Waals surface area contributed by atoms with Crippen molar-refractivity contribution in [2.75, 3.05) is 36.5 Å². The molecule has 2 aliphatic heterocycles. The molecule has 0 aromatic carbocycles. The van der Waals surface area contributed by atoms with Gasteiger partial charge in [-0.1, -0.05) is 0 Å². The van der Waals surface area contributed by atoms with Gasteiger partial charge in [0.2, 0.25) is 5.95 Å². The van der Waals surface area contributed by atoms with Gasteiger partial charge in [0.1, 0.15) is 5.82 Å². The van der Waals surface area contributed by atoms with Gasteiger partial charge in [0.25, 0.3) is 0 Å². The van der Waals surface area contributed by atoms with Crippen molar-refractivity contribution in [2.24, 2.45) is 0 Å². The first-order valence-corrected chi connectivity index (χ1v) is 6.85. The molecule has 2 aliphatic rings. The average Bonchev–Trinajstić information content (AvgIpc) is 3.10. The lowest BCUT2D eigenvalue weighted by Crippen LogP contribution is -2.22. The van der Waals surface area contributed by atoms with Crippen LogP contribution < -0.4 is 10.2 Å². The minimum atomic E-state index is 0.323. The normalized spacial score (nSPS) is 23.6. The summed E-state index contributed by atoms with van der Waals surface area (Å²) in [6.45, 7) is 3.93. The molecule has 2 saturated heterocycles. The molecule has 98 valence electrons. The maximum absolute atomic E-state index is 5.58. The second-order valence-corrected chi connectivity index (χ2v) is 4.95. The summed E-state index contributed by atoms with van der Waals surface area (Å²) in [6.07, 6.45) is 6.99. The van der Waals surface area contributed by atoms with Gasteiger partial charge < -0.3 is 15.0 Å². The van der Waals surface area contributed by atoms with Crippen LogP contribution in [0.3, 0.4) is 0 Å². The predicted octanol–water partition coefficient (Wildman–Crippen LogP) is 1.67. The van der Waals surface area contributed by atoms with Gasteiger partial charge in [-0.15, -0.1) is 0 Å². The van der Waals surface area contributed by atoms with E-state index in [0.717, 1.165) is 44.4 Å². The van der Waals surface area contributed by atoms with Crippen molar-refractivity contribution >= 4 is 11.8 Å². The monoisotopic (exact) mass is 248 g/mol. The molecule has 1 aromatic rings. The van der Waals surface area contributed by atoms with Crippen molar-refractivity contribution in [1.29, 1.82) is 0 Å². The predicted molar refractivity (Wildman–Crippen MR) is 70.9 cm³/mol. The third-order valence-corrected chi connectivity index (χ3v) is 3.58. The van der Waals surface area contributed by atoms with Gasteiger partial charge in [0, 0.05) is 32.4 Å². The minimum Gasteiger partial charge on any atom is -0.376 e. The number of ether oxygens (including phenoxy) is 1. The van der Waals surface area contributed by atoms with E-state index < -0.39 is 0 Å². The van der Waals surface area contributed by atoms with Gasteiger partial charge in [-0.25, -0.2) is 4.98 Å². The molecule has 1 unspecified atom stereocenters. The van der Waals surface area contributed by atoms with E-state index in [1.807, 2.05) is 12.3 Å². The van der Waals surface area contributed by atoms with Crippen molar-refractivity contribution in [2.45, 2.75) is 31.8 Å². The highest BCUT2D eigenvalue weighted by Crippen LogP contribution is 2.18. The standard InChI is InChI=1S/C13H20N4O/c1-2-8-17(7-1)12-5-6-14-13(16-12)15-10-11-4-3-9-18-11/h5-6,11H,1-4,7-10H2,(H,14,15,16). The number of nitrogens with zero attached hydrogens (tertiary/aromatic N) is 3. The van der Waals surface area contributed by atoms with Gasteiger partial charge >= 0.3 is 0 Å². The first-order valence-electron chi connectivity index (χ1n) is 6.85. The Bertz CT molecular complexity index is 386. The Morgan fingerprint density at radius 2 is 2.22 bits per heavy atom. The average molecular weight is 248 g/mol. The lowest BCUT2D eigenvalue weighted by molar-refractivity contribution is 0.120. The van der Waals surface area contributed by atoms with Gasteiger partial charge in [0.15, 0.2) is 0 Å². The van der Waals surface area contributed by atoms with E-state index in [0.29, 0.717) is 6.10 Å². The Hall–Kier alpha value is -1.36. The molecule has 1 N–H and O–H groups in total. The quantitative estimate of drug-likeness (QED) is 0.878. The summed E-state index contributed by atoms with van der Waals surface area (Å²) in [5, 5.41) is 3.28. The number of hydrogen-bond acceptors (Lipinski definition) is 5. The van der Waals surface area contributed by atoms with Crippen LogP contribution in [-0.2, 0) is 4.74 Å². The van der Waals surface area contributed by atoms with Crippen LogP contribution in [0, 0.1) is 0 Å². The second kappa shape index (κ2) is 5.52. The molecule has 1 atom stereocenters. The third kappa shape index (κ3) is 2.72. The highest BCUT2D eigenvalue weighted by Gasteiger charge is 2.16. The Morgan fingerprint density at radius 3 is 3.00 bits per heavy atom. The first-order chi connectivity index (χ1) is 8.92. The molecule has 1 aromatic heterocycles. The highest BCUT2D eigenvalue weighted by molar-refractivity contribution is 5.43. The summed E-state index contributed by atoms with van der Waals surface area (Å²) in [5.74, 6) is 1.76. The van der Waals surface area contributed by atoms with E-state index in [1.165, 1.54) is 19.3 Å². The molecule has 0 saturated carbocycles. The van der Waals surface area contributed by atoms with Crippen molar-refractivity contribution in [3.05, 3.63) is 12.3 Å². The van der Waals surface area contributed by atoms with Crippen LogP contribution in [-0.4, -0.2) is 42.3 Å². The first kappa shape index (κ1) is 11.7. The summed E-state index contributed by atoms with van der Waals surface area (Å²) in [5.41, 5.74) is 0. The molecule has 5 nitrogen and oxygen atoms in total. The van der Waals surface area contributed by atoms with Gasteiger partial charge in [0.05, 0.1) is 6.10 Å². The number of nitrogens with one attached hydrogen (secondary N) is 1. The van der Waals surface area contributed by atoms with Crippen molar-refractivity contribution < 1.29 is 4.74 Å². The van der Waals surface area contributed by atoms with Gasteiger partial charge in [-0.05, 0) is 31.7 Å². The molecule has 5 heteroatoms. The number of rotatable bonds is 4. The van der Waals surface area contributed by atoms with Gasteiger partial charge in [-0.3, -0.25) is 0 Å². The molecule has 0 amide bonds. The van der Waals surface area contributed by atoms with Crippen LogP contribution >= 0.6 is 0 Å². The summed E-state index contributed by atoms with van der Waals surface area (Å²) in [4.78, 5) is 11.1. The van der Waals surface area contributed by atoms with Crippen molar-refractivity contribution in [1.82, 2.24) is 9.97 Å². The van der Waals surface area contributed by atoms with E-state index in [1.54, 1.807) is 0 Å². The van der Waals surface area contributed by atoms with Crippen LogP contribution in [0.1, 0.15) is 25.7 Å². The SMILES string of the molecule is c1cc(N2CCCC2)nc(NCC2CCCO2)n1. The maximum Gasteiger partial charge on any atom is 0.224 e. The maximum atomic E-state index is 5.58. The molecule has 0 bridgehead atoms. The zero-order valence-corrected chi connectivity index (χ0v) is 10.6. The summed E-state index contributed by atoms with van der Waals surface area (Å²) < 4.78 is 5.58. The molecule has 3 rings (SSSR count). The molecule has 0 radical (unpaired) electrons. The Morgan fingerprint density at radius 1 is 1.33 bits per heavy atom. The van der Waals surface area contributed by atoms with E-state index in [9.17, 15) is 0 Å². The Balaban J connectivity index is 1.59. The van der Waals surface area contributed by atoms with Gasteiger partial charge in [-0.2, -0.15) is 4.98 Å². The molecular weight excluding hydrogens is 228 g/mol. The molecule has 2 fully saturated rings. The Labute approximate surface area is 108 Å². The van der Waals surface area contributed by atoms with E-state index in [2.05, 4.69) is 20.2 Å². The molecule has 0 aliphatic carbocycles. The summed E-state index contributed by atoms with van der Waals surface area (Å²) >= 11 is 0. The van der Waals surface area contributed by atoms with Crippen LogP contribution in [0.15, 0.2) is 12.3 Å². The number of anilines is 2. The second-order valence-electron chi connectivity index (χ2n) is 4.95. The van der Waals surface area contributed by atoms with E-state index in [-0.39, 0.29) is 0 Å². The van der Waals surface area contributed by atoms with Crippen molar-refractivity contribution in [3.8, 4) is 0 Å². The molecule has 0 spiro atoms. The number of aromatic nitrogens is 2. The zero-order valence-electron chi connectivity index (χ0n) is 10.6. The zero-order chi connectivity index (χ0) is 12.2. The van der Waals surface area contributed by atoms with E-state index >= 15 is 0 Å². The van der Waals surface area contributed by atoms with Crippen molar-refractivity contribution in [3.63, 3.8) is 0 Å². The highest BCUT2D eigenvalue weighted by atomic mass is 16.5. The van der Waals surface area contributed by atoms with Crippen LogP contribution in [0.5, 0.6) is 0 Å². The minimum absolute atomic E-state index is 0.323. The van der Waals surface area contributed by atoms with E-state index in [4.69, 9.17) is 4.74 Å². The number of hydrogen-bond donors (Lipinski definition) is 1. The largest absolute Gasteiger partial charge is 0.376 e. The molecular formula is C13H20N4O. The molecule has 3 heterocycles. The van der Waals surface area contributed by atoms with Crippen LogP contribution in [0.4, 0.5) is 11.8 Å². The Kier molecular flexibility index (Phi) is 3.59. The smallest absolute Gasteiger partial charge is 0.224 e. The fraction of sp³-hybridized carbons (Fsp3) is 0.692. The van der Waals surface area contributed by atoms with Crippen LogP contribution in [0.25, 0.3) is 0 Å². The molecule has 18 heavy (non-hydrogen) atoms.